The second-order valence-corrected chi connectivity index (χ2v) is 7.07. The van der Waals surface area contributed by atoms with E-state index >= 15 is 0 Å². The number of furan rings is 1. The Hall–Kier alpha value is -0.910. The zero-order valence-corrected chi connectivity index (χ0v) is 11.6. The quantitative estimate of drug-likeness (QED) is 0.885. The lowest BCUT2D eigenvalue weighted by atomic mass is 10.4. The summed E-state index contributed by atoms with van der Waals surface area (Å²) in [6.45, 7) is 0.774. The Bertz CT molecular complexity index is 529. The highest BCUT2D eigenvalue weighted by molar-refractivity contribution is 7.86. The van der Waals surface area contributed by atoms with Crippen LogP contribution in [0.1, 0.15) is 24.4 Å². The van der Waals surface area contributed by atoms with Crippen LogP contribution in [0.4, 0.5) is 0 Å². The van der Waals surface area contributed by atoms with Crippen LogP contribution in [-0.4, -0.2) is 10.3 Å². The van der Waals surface area contributed by atoms with Crippen molar-refractivity contribution in [1.29, 1.82) is 0 Å². The van der Waals surface area contributed by atoms with Crippen molar-refractivity contribution < 1.29 is 8.63 Å². The lowest BCUT2D eigenvalue weighted by Crippen LogP contribution is -2.14. The summed E-state index contributed by atoms with van der Waals surface area (Å²) in [6.07, 6.45) is 2.55. The highest BCUT2D eigenvalue weighted by Crippen LogP contribution is 2.21. The van der Waals surface area contributed by atoms with Crippen LogP contribution in [0.2, 0.25) is 0 Å². The van der Waals surface area contributed by atoms with E-state index < -0.39 is 10.8 Å². The van der Waals surface area contributed by atoms with Crippen molar-refractivity contribution in [3.63, 3.8) is 0 Å². The van der Waals surface area contributed by atoms with Crippen LogP contribution in [0.5, 0.6) is 0 Å². The first kappa shape index (κ1) is 12.1. The molecular weight excluding hydrogens is 266 g/mol. The van der Waals surface area contributed by atoms with Crippen LogP contribution in [0.25, 0.3) is 0 Å². The van der Waals surface area contributed by atoms with Gasteiger partial charge in [-0.25, -0.2) is 0 Å². The van der Waals surface area contributed by atoms with Gasteiger partial charge in [-0.1, -0.05) is 6.07 Å². The second kappa shape index (κ2) is 5.38. The molecule has 1 saturated carbocycles. The molecule has 1 aliphatic rings. The predicted molar refractivity (Wildman–Crippen MR) is 73.0 cm³/mol. The van der Waals surface area contributed by atoms with E-state index in [0.29, 0.717) is 11.8 Å². The van der Waals surface area contributed by atoms with Crippen LogP contribution in [0.3, 0.4) is 0 Å². The lowest BCUT2D eigenvalue weighted by Gasteiger charge is -1.99. The minimum Gasteiger partial charge on any atom is -0.464 e. The summed E-state index contributed by atoms with van der Waals surface area (Å²) >= 11 is 1.53. The molecule has 0 aromatic carbocycles. The van der Waals surface area contributed by atoms with Crippen molar-refractivity contribution in [2.24, 2.45) is 0 Å². The molecule has 0 aliphatic heterocycles. The van der Waals surface area contributed by atoms with Gasteiger partial charge in [-0.2, -0.15) is 0 Å². The van der Waals surface area contributed by atoms with E-state index in [4.69, 9.17) is 4.42 Å². The van der Waals surface area contributed by atoms with E-state index in [9.17, 15) is 4.21 Å². The van der Waals surface area contributed by atoms with Gasteiger partial charge in [-0.15, -0.1) is 11.3 Å². The first-order chi connectivity index (χ1) is 8.81. The molecular formula is C13H15NO2S2. The molecule has 1 aliphatic carbocycles. The zero-order chi connectivity index (χ0) is 12.4. The fraction of sp³-hybridized carbons (Fsp3) is 0.385. The van der Waals surface area contributed by atoms with Gasteiger partial charge in [0.15, 0.2) is 0 Å². The van der Waals surface area contributed by atoms with Crippen LogP contribution < -0.4 is 5.32 Å². The summed E-state index contributed by atoms with van der Waals surface area (Å²) in [5.41, 5.74) is 0. The van der Waals surface area contributed by atoms with Crippen molar-refractivity contribution in [1.82, 2.24) is 5.32 Å². The van der Waals surface area contributed by atoms with Crippen LogP contribution in [-0.2, 0) is 23.1 Å². The average molecular weight is 281 g/mol. The zero-order valence-electron chi connectivity index (χ0n) is 9.93. The van der Waals surface area contributed by atoms with Crippen molar-refractivity contribution in [3.8, 4) is 0 Å². The van der Waals surface area contributed by atoms with Gasteiger partial charge in [0.25, 0.3) is 0 Å². The second-order valence-electron chi connectivity index (χ2n) is 4.45. The van der Waals surface area contributed by atoms with Crippen molar-refractivity contribution in [2.75, 3.05) is 0 Å². The van der Waals surface area contributed by atoms with Gasteiger partial charge in [0.1, 0.15) is 11.5 Å². The van der Waals surface area contributed by atoms with Gasteiger partial charge in [0.2, 0.25) is 0 Å². The number of hydrogen-bond donors (Lipinski definition) is 1. The Morgan fingerprint density at radius 1 is 1.33 bits per heavy atom. The summed E-state index contributed by atoms with van der Waals surface area (Å²) in [5.74, 6) is 2.19. The fourth-order valence-corrected chi connectivity index (χ4v) is 3.73. The normalized spacial score (nSPS) is 16.9. The van der Waals surface area contributed by atoms with E-state index in [1.807, 2.05) is 29.6 Å². The standard InChI is InChI=1S/C13H15NO2S2/c15-18(13-2-1-7-17-13)9-12-6-5-11(16-12)8-14-10-3-4-10/h1-2,5-7,10,14H,3-4,8-9H2. The van der Waals surface area contributed by atoms with Crippen LogP contribution in [0.15, 0.2) is 38.3 Å². The molecule has 18 heavy (non-hydrogen) atoms. The molecule has 0 amide bonds. The third-order valence-electron chi connectivity index (χ3n) is 2.85. The van der Waals surface area contributed by atoms with Gasteiger partial charge in [-0.3, -0.25) is 4.21 Å². The number of rotatable bonds is 6. The SMILES string of the molecule is O=S(Cc1ccc(CNC2CC2)o1)c1cccs1. The maximum absolute atomic E-state index is 12.0. The van der Waals surface area contributed by atoms with Gasteiger partial charge < -0.3 is 9.73 Å². The number of hydrogen-bond acceptors (Lipinski definition) is 4. The first-order valence-corrected chi connectivity index (χ1v) is 8.24. The molecule has 2 aromatic rings. The minimum atomic E-state index is -0.986. The lowest BCUT2D eigenvalue weighted by molar-refractivity contribution is 0.457. The van der Waals surface area contributed by atoms with Gasteiger partial charge in [-0.05, 0) is 36.4 Å². The Labute approximate surface area is 113 Å². The fourth-order valence-electron chi connectivity index (χ4n) is 1.72. The van der Waals surface area contributed by atoms with Gasteiger partial charge >= 0.3 is 0 Å². The van der Waals surface area contributed by atoms with E-state index in [-0.39, 0.29) is 0 Å². The van der Waals surface area contributed by atoms with E-state index in [1.165, 1.54) is 24.2 Å². The Morgan fingerprint density at radius 3 is 2.89 bits per heavy atom. The Morgan fingerprint density at radius 2 is 2.17 bits per heavy atom. The molecule has 1 atom stereocenters. The van der Waals surface area contributed by atoms with Crippen molar-refractivity contribution >= 4 is 22.1 Å². The molecule has 3 rings (SSSR count). The summed E-state index contributed by atoms with van der Waals surface area (Å²) in [4.78, 5) is 0. The smallest absolute Gasteiger partial charge is 0.118 e. The molecule has 0 radical (unpaired) electrons. The number of nitrogens with one attached hydrogen (secondary N) is 1. The third-order valence-corrected chi connectivity index (χ3v) is 5.49. The van der Waals surface area contributed by atoms with Crippen molar-refractivity contribution in [2.45, 2.75) is 35.4 Å². The summed E-state index contributed by atoms with van der Waals surface area (Å²) in [6, 6.07) is 8.40. The predicted octanol–water partition coefficient (Wildman–Crippen LogP) is 2.90. The molecule has 0 bridgehead atoms. The van der Waals surface area contributed by atoms with Gasteiger partial charge in [0, 0.05) is 6.04 Å². The molecule has 0 spiro atoms. The molecule has 1 unspecified atom stereocenters. The summed E-state index contributed by atoms with van der Waals surface area (Å²) in [5, 5.41) is 5.34. The summed E-state index contributed by atoms with van der Waals surface area (Å²) in [7, 11) is -0.986. The summed E-state index contributed by atoms with van der Waals surface area (Å²) < 4.78 is 18.6. The van der Waals surface area contributed by atoms with Crippen LogP contribution >= 0.6 is 11.3 Å². The largest absolute Gasteiger partial charge is 0.464 e. The van der Waals surface area contributed by atoms with E-state index in [2.05, 4.69) is 5.32 Å². The van der Waals surface area contributed by atoms with E-state index in [0.717, 1.165) is 22.3 Å². The maximum Gasteiger partial charge on any atom is 0.118 e. The minimum absolute atomic E-state index is 0.462. The number of thiophene rings is 1. The monoisotopic (exact) mass is 281 g/mol. The van der Waals surface area contributed by atoms with Crippen molar-refractivity contribution in [3.05, 3.63) is 41.2 Å². The van der Waals surface area contributed by atoms with E-state index in [1.54, 1.807) is 0 Å². The topological polar surface area (TPSA) is 42.2 Å². The third kappa shape index (κ3) is 3.10. The Balaban J connectivity index is 1.57. The molecule has 5 heteroatoms. The highest BCUT2D eigenvalue weighted by Gasteiger charge is 2.20. The van der Waals surface area contributed by atoms with Gasteiger partial charge in [0.05, 0.1) is 27.3 Å². The maximum atomic E-state index is 12.0. The first-order valence-electron chi connectivity index (χ1n) is 6.04. The molecule has 2 heterocycles. The molecule has 3 nitrogen and oxygen atoms in total. The molecule has 2 aromatic heterocycles. The molecule has 1 fully saturated rings. The Kier molecular flexibility index (Phi) is 3.63. The molecule has 1 N–H and O–H groups in total. The molecule has 0 saturated heterocycles. The van der Waals surface area contributed by atoms with Crippen LogP contribution in [0, 0.1) is 0 Å². The molecule has 96 valence electrons. The highest BCUT2D eigenvalue weighted by atomic mass is 32.2. The average Bonchev–Trinajstić information content (AvgIpc) is 2.88.